The van der Waals surface area contributed by atoms with Crippen molar-refractivity contribution in [2.75, 3.05) is 42.1 Å². The molecule has 0 aliphatic carbocycles. The van der Waals surface area contributed by atoms with Crippen LogP contribution in [0.1, 0.15) is 5.56 Å². The van der Waals surface area contributed by atoms with E-state index in [9.17, 15) is 9.18 Å². The molecule has 0 atom stereocenters. The maximum Gasteiger partial charge on any atom is 0.321 e. The Bertz CT molecular complexity index is 1320. The number of halogens is 1. The van der Waals surface area contributed by atoms with Gasteiger partial charge in [-0.1, -0.05) is 23.5 Å². The van der Waals surface area contributed by atoms with E-state index in [2.05, 4.69) is 20.2 Å². The minimum absolute atomic E-state index is 0.125. The molecule has 168 valence electrons. The number of carbonyl (C=O) groups excluding carboxylic acids is 1. The van der Waals surface area contributed by atoms with Gasteiger partial charge in [-0.2, -0.15) is 4.98 Å². The number of aryl methyl sites for hydroxylation is 1. The Morgan fingerprint density at radius 1 is 1.06 bits per heavy atom. The fraction of sp³-hybridized carbons (Fsp3) is 0.217. The monoisotopic (exact) mass is 463 g/mol. The highest BCUT2D eigenvalue weighted by atomic mass is 32.1. The van der Waals surface area contributed by atoms with Gasteiger partial charge >= 0.3 is 6.03 Å². The van der Waals surface area contributed by atoms with Crippen LogP contribution >= 0.6 is 11.3 Å². The van der Waals surface area contributed by atoms with Crippen molar-refractivity contribution in [2.24, 2.45) is 0 Å². The number of hydrogen-bond acceptors (Lipinski definition) is 7. The lowest BCUT2D eigenvalue weighted by Crippen LogP contribution is -2.50. The molecule has 0 radical (unpaired) electrons. The van der Waals surface area contributed by atoms with Gasteiger partial charge in [-0.15, -0.1) is 0 Å². The van der Waals surface area contributed by atoms with Crippen LogP contribution in [0, 0.1) is 12.7 Å². The van der Waals surface area contributed by atoms with E-state index in [0.29, 0.717) is 42.3 Å². The van der Waals surface area contributed by atoms with Gasteiger partial charge in [-0.3, -0.25) is 0 Å². The van der Waals surface area contributed by atoms with E-state index in [1.54, 1.807) is 17.0 Å². The molecule has 1 fully saturated rings. The first-order valence-electron chi connectivity index (χ1n) is 10.5. The minimum Gasteiger partial charge on any atom is -0.368 e. The Hall–Kier alpha value is -3.79. The number of nitrogens with zero attached hydrogens (tertiary/aromatic N) is 5. The zero-order chi connectivity index (χ0) is 22.9. The molecule has 0 spiro atoms. The number of thiazole rings is 1. The number of benzene rings is 2. The van der Waals surface area contributed by atoms with Crippen LogP contribution in [-0.4, -0.2) is 52.1 Å². The second kappa shape index (κ2) is 8.62. The summed E-state index contributed by atoms with van der Waals surface area (Å²) < 4.78 is 13.3. The van der Waals surface area contributed by atoms with Crippen molar-refractivity contribution in [3.05, 3.63) is 59.9 Å². The highest BCUT2D eigenvalue weighted by Gasteiger charge is 2.25. The zero-order valence-electron chi connectivity index (χ0n) is 18.0. The highest BCUT2D eigenvalue weighted by molar-refractivity contribution is 7.21. The van der Waals surface area contributed by atoms with Crippen LogP contribution in [0.15, 0.2) is 48.5 Å². The zero-order valence-corrected chi connectivity index (χ0v) is 18.8. The van der Waals surface area contributed by atoms with Gasteiger partial charge in [-0.25, -0.2) is 19.2 Å². The van der Waals surface area contributed by atoms with E-state index in [4.69, 9.17) is 10.7 Å². The van der Waals surface area contributed by atoms with Crippen LogP contribution in [0.5, 0.6) is 0 Å². The van der Waals surface area contributed by atoms with Gasteiger partial charge < -0.3 is 20.9 Å². The van der Waals surface area contributed by atoms with Crippen LogP contribution in [0.4, 0.5) is 26.6 Å². The van der Waals surface area contributed by atoms with Crippen LogP contribution in [0.25, 0.3) is 20.9 Å². The van der Waals surface area contributed by atoms with Gasteiger partial charge in [0.25, 0.3) is 0 Å². The predicted octanol–water partition coefficient (Wildman–Crippen LogP) is 4.14. The number of anilines is 3. The third-order valence-corrected chi connectivity index (χ3v) is 6.48. The number of piperazine rings is 1. The van der Waals surface area contributed by atoms with E-state index in [0.717, 1.165) is 21.8 Å². The topological polar surface area (TPSA) is 100 Å². The quantitative estimate of drug-likeness (QED) is 0.474. The number of hydrogen-bond donors (Lipinski definition) is 2. The van der Waals surface area contributed by atoms with Gasteiger partial charge in [0.2, 0.25) is 5.95 Å². The Morgan fingerprint density at radius 2 is 1.82 bits per heavy atom. The number of rotatable bonds is 3. The molecule has 3 heterocycles. The highest BCUT2D eigenvalue weighted by Crippen LogP contribution is 2.34. The lowest BCUT2D eigenvalue weighted by atomic mass is 10.2. The van der Waals surface area contributed by atoms with E-state index in [1.807, 2.05) is 31.2 Å². The third-order valence-electron chi connectivity index (χ3n) is 5.48. The number of nitrogen functional groups attached to an aromatic ring is 1. The number of nitrogens with one attached hydrogen (secondary N) is 1. The first-order chi connectivity index (χ1) is 16.0. The van der Waals surface area contributed by atoms with Gasteiger partial charge in [0.1, 0.15) is 16.3 Å². The van der Waals surface area contributed by atoms with Gasteiger partial charge in [-0.05, 0) is 48.9 Å². The molecule has 4 aromatic rings. The normalized spacial score (nSPS) is 14.0. The molecule has 2 aromatic heterocycles. The summed E-state index contributed by atoms with van der Waals surface area (Å²) in [6.45, 7) is 4.25. The second-order valence-corrected chi connectivity index (χ2v) is 8.84. The summed E-state index contributed by atoms with van der Waals surface area (Å²) >= 11 is 1.39. The maximum atomic E-state index is 13.3. The largest absolute Gasteiger partial charge is 0.368 e. The van der Waals surface area contributed by atoms with Gasteiger partial charge in [0.15, 0.2) is 10.6 Å². The number of urea groups is 1. The second-order valence-electron chi connectivity index (χ2n) is 7.86. The fourth-order valence-corrected chi connectivity index (χ4v) is 4.75. The minimum atomic E-state index is -0.297. The Balaban J connectivity index is 1.33. The van der Waals surface area contributed by atoms with E-state index >= 15 is 0 Å². The van der Waals surface area contributed by atoms with E-state index < -0.39 is 0 Å². The lowest BCUT2D eigenvalue weighted by molar-refractivity contribution is 0.208. The summed E-state index contributed by atoms with van der Waals surface area (Å²) in [5.41, 5.74) is 9.31. The molecule has 10 heteroatoms. The number of aromatic nitrogens is 3. The van der Waals surface area contributed by atoms with Gasteiger partial charge in [0, 0.05) is 37.4 Å². The molecule has 8 nitrogen and oxygen atoms in total. The molecule has 1 aliphatic rings. The van der Waals surface area contributed by atoms with Crippen molar-refractivity contribution in [1.82, 2.24) is 19.9 Å². The number of carbonyl (C=O) groups is 1. The van der Waals surface area contributed by atoms with Gasteiger partial charge in [0.05, 0.1) is 0 Å². The average molecular weight is 464 g/mol. The molecule has 33 heavy (non-hydrogen) atoms. The lowest BCUT2D eigenvalue weighted by Gasteiger charge is -2.35. The number of fused-ring (bicyclic) bond motifs is 1. The average Bonchev–Trinajstić information content (AvgIpc) is 3.23. The molecule has 2 amide bonds. The molecule has 0 unspecified atom stereocenters. The molecule has 5 rings (SSSR count). The van der Waals surface area contributed by atoms with E-state index in [1.165, 1.54) is 23.5 Å². The van der Waals surface area contributed by atoms with Crippen LogP contribution in [0.3, 0.4) is 0 Å². The fourth-order valence-electron chi connectivity index (χ4n) is 3.81. The van der Waals surface area contributed by atoms with Crippen molar-refractivity contribution < 1.29 is 9.18 Å². The van der Waals surface area contributed by atoms with Crippen molar-refractivity contribution in [2.45, 2.75) is 6.92 Å². The molecule has 1 aliphatic heterocycles. The molecule has 1 saturated heterocycles. The Kier molecular flexibility index (Phi) is 5.51. The number of nitrogens with two attached hydrogens (primary N) is 1. The number of amides is 2. The van der Waals surface area contributed by atoms with E-state index in [-0.39, 0.29) is 17.8 Å². The summed E-state index contributed by atoms with van der Waals surface area (Å²) in [5, 5.41) is 3.68. The smallest absolute Gasteiger partial charge is 0.321 e. The van der Waals surface area contributed by atoms with Crippen molar-refractivity contribution in [1.29, 1.82) is 0 Å². The summed E-state index contributed by atoms with van der Waals surface area (Å²) in [4.78, 5) is 30.7. The third kappa shape index (κ3) is 4.42. The molecule has 0 bridgehead atoms. The molecule has 2 aromatic carbocycles. The molecular formula is C23H22FN7OS. The summed E-state index contributed by atoms with van der Waals surface area (Å²) in [5.74, 6) is 0.529. The molecular weight excluding hydrogens is 441 g/mol. The summed E-state index contributed by atoms with van der Waals surface area (Å²) in [7, 11) is 0. The summed E-state index contributed by atoms with van der Waals surface area (Å²) in [6, 6.07) is 13.8. The Morgan fingerprint density at radius 3 is 2.55 bits per heavy atom. The van der Waals surface area contributed by atoms with Crippen LogP contribution < -0.4 is 16.0 Å². The maximum absolute atomic E-state index is 13.3. The first kappa shape index (κ1) is 21.1. The molecule has 0 saturated carbocycles. The van der Waals surface area contributed by atoms with Crippen molar-refractivity contribution in [3.63, 3.8) is 0 Å². The SMILES string of the molecule is Cc1cccc(NC(=O)N2CCN(c3nc(N)nc4sc(-c5ccc(F)cc5)nc34)CC2)c1. The Labute approximate surface area is 193 Å². The van der Waals surface area contributed by atoms with Crippen molar-refractivity contribution >= 4 is 45.2 Å². The van der Waals surface area contributed by atoms with Crippen molar-refractivity contribution in [3.8, 4) is 10.6 Å². The summed E-state index contributed by atoms with van der Waals surface area (Å²) in [6.07, 6.45) is 0. The van der Waals surface area contributed by atoms with Crippen LogP contribution in [-0.2, 0) is 0 Å². The van der Waals surface area contributed by atoms with Crippen LogP contribution in [0.2, 0.25) is 0 Å². The first-order valence-corrected chi connectivity index (χ1v) is 11.4. The molecule has 3 N–H and O–H groups in total. The standard InChI is InChI=1S/C23H22FN7OS/c1-14-3-2-4-17(13-14)26-23(32)31-11-9-30(10-12-31)19-18-21(29-22(25)28-19)33-20(27-18)15-5-7-16(24)8-6-15/h2-8,13H,9-12H2,1H3,(H,26,32)(H2,25,28,29). The predicted molar refractivity (Wildman–Crippen MR) is 129 cm³/mol.